The fourth-order valence-corrected chi connectivity index (χ4v) is 2.92. The number of nitro benzene ring substituents is 1. The molecule has 176 valence electrons. The molecule has 3 rings (SSSR count). The number of nitro groups is 1. The molecule has 1 N–H and O–H groups in total. The van der Waals surface area contributed by atoms with Gasteiger partial charge < -0.3 is 19.5 Å². The van der Waals surface area contributed by atoms with Gasteiger partial charge in [-0.05, 0) is 48.9 Å². The number of anilines is 1. The van der Waals surface area contributed by atoms with Gasteiger partial charge in [-0.25, -0.2) is 9.18 Å². The van der Waals surface area contributed by atoms with Crippen LogP contribution in [0.25, 0.3) is 0 Å². The molecule has 0 unspecified atom stereocenters. The maximum absolute atomic E-state index is 13.0. The summed E-state index contributed by atoms with van der Waals surface area (Å²) >= 11 is 0. The second-order valence-electron chi connectivity index (χ2n) is 6.90. The predicted octanol–water partition coefficient (Wildman–Crippen LogP) is 4.51. The van der Waals surface area contributed by atoms with E-state index in [1.807, 2.05) is 0 Å². The van der Waals surface area contributed by atoms with Crippen molar-refractivity contribution in [2.45, 2.75) is 13.5 Å². The summed E-state index contributed by atoms with van der Waals surface area (Å²) in [7, 11) is 0. The van der Waals surface area contributed by atoms with Crippen LogP contribution in [-0.2, 0) is 16.1 Å². The summed E-state index contributed by atoms with van der Waals surface area (Å²) in [5.41, 5.74) is 0.369. The van der Waals surface area contributed by atoms with E-state index in [1.165, 1.54) is 36.4 Å². The number of para-hydroxylation sites is 1. The first-order valence-corrected chi connectivity index (χ1v) is 10.2. The number of carbonyl (C=O) groups excluding carboxylic acids is 2. The van der Waals surface area contributed by atoms with Crippen LogP contribution in [-0.4, -0.2) is 30.0 Å². The standard InChI is InChI=1S/C24H21FN2O7/c1-2-32-18-11-12-20(21(13-18)27(30)31)26-23(28)15-34-24(29)19-5-3-4-6-22(19)33-14-16-7-9-17(25)10-8-16/h3-13H,2,14-15H2,1H3,(H,26,28). The van der Waals surface area contributed by atoms with Crippen molar-refractivity contribution in [3.8, 4) is 11.5 Å². The van der Waals surface area contributed by atoms with E-state index in [-0.39, 0.29) is 40.9 Å². The molecule has 9 nitrogen and oxygen atoms in total. The first-order valence-electron chi connectivity index (χ1n) is 10.2. The molecule has 0 spiro atoms. The lowest BCUT2D eigenvalue weighted by Gasteiger charge is -2.12. The average molecular weight is 468 g/mol. The van der Waals surface area contributed by atoms with Gasteiger partial charge in [0.15, 0.2) is 6.61 Å². The highest BCUT2D eigenvalue weighted by molar-refractivity contribution is 5.97. The molecule has 1 amide bonds. The van der Waals surface area contributed by atoms with E-state index < -0.39 is 23.4 Å². The van der Waals surface area contributed by atoms with E-state index in [0.717, 1.165) is 0 Å². The SMILES string of the molecule is CCOc1ccc(NC(=O)COC(=O)c2ccccc2OCc2ccc(F)cc2)c([N+](=O)[O-])c1. The van der Waals surface area contributed by atoms with Gasteiger partial charge in [-0.3, -0.25) is 14.9 Å². The fourth-order valence-electron chi connectivity index (χ4n) is 2.92. The minimum atomic E-state index is -0.814. The number of hydrogen-bond donors (Lipinski definition) is 1. The second-order valence-corrected chi connectivity index (χ2v) is 6.90. The molecule has 0 bridgehead atoms. The highest BCUT2D eigenvalue weighted by Gasteiger charge is 2.19. The monoisotopic (exact) mass is 468 g/mol. The molecule has 3 aromatic rings. The zero-order chi connectivity index (χ0) is 24.5. The molecule has 0 saturated heterocycles. The zero-order valence-electron chi connectivity index (χ0n) is 18.2. The van der Waals surface area contributed by atoms with Crippen molar-refractivity contribution in [2.75, 3.05) is 18.5 Å². The molecule has 0 atom stereocenters. The maximum Gasteiger partial charge on any atom is 0.342 e. The second kappa shape index (κ2) is 11.4. The summed E-state index contributed by atoms with van der Waals surface area (Å²) in [5.74, 6) is -1.44. The van der Waals surface area contributed by atoms with Crippen LogP contribution in [0.15, 0.2) is 66.7 Å². The van der Waals surface area contributed by atoms with Crippen molar-refractivity contribution in [2.24, 2.45) is 0 Å². The molecule has 0 aliphatic rings. The average Bonchev–Trinajstić information content (AvgIpc) is 2.83. The van der Waals surface area contributed by atoms with Crippen LogP contribution >= 0.6 is 0 Å². The Morgan fingerprint density at radius 1 is 1.03 bits per heavy atom. The van der Waals surface area contributed by atoms with Crippen molar-refractivity contribution >= 4 is 23.3 Å². The lowest BCUT2D eigenvalue weighted by Crippen LogP contribution is -2.21. The van der Waals surface area contributed by atoms with Crippen LogP contribution in [0.1, 0.15) is 22.8 Å². The van der Waals surface area contributed by atoms with E-state index in [9.17, 15) is 24.1 Å². The lowest BCUT2D eigenvalue weighted by molar-refractivity contribution is -0.384. The third-order valence-corrected chi connectivity index (χ3v) is 4.50. The molecule has 0 saturated carbocycles. The Morgan fingerprint density at radius 2 is 1.76 bits per heavy atom. The summed E-state index contributed by atoms with van der Waals surface area (Å²) in [6.07, 6.45) is 0. The highest BCUT2D eigenvalue weighted by atomic mass is 19.1. The first-order chi connectivity index (χ1) is 16.4. The molecule has 0 aromatic heterocycles. The van der Waals surface area contributed by atoms with Crippen LogP contribution < -0.4 is 14.8 Å². The first kappa shape index (κ1) is 24.2. The minimum absolute atomic E-state index is 0.0578. The van der Waals surface area contributed by atoms with Crippen molar-refractivity contribution in [3.63, 3.8) is 0 Å². The third kappa shape index (κ3) is 6.52. The summed E-state index contributed by atoms with van der Waals surface area (Å²) in [6, 6.07) is 16.0. The molecular formula is C24H21FN2O7. The lowest BCUT2D eigenvalue weighted by atomic mass is 10.2. The van der Waals surface area contributed by atoms with Gasteiger partial charge in [0.2, 0.25) is 0 Å². The van der Waals surface area contributed by atoms with E-state index in [2.05, 4.69) is 5.32 Å². The van der Waals surface area contributed by atoms with E-state index in [0.29, 0.717) is 12.2 Å². The fraction of sp³-hybridized carbons (Fsp3) is 0.167. The Balaban J connectivity index is 1.61. The molecule has 0 aliphatic heterocycles. The van der Waals surface area contributed by atoms with Gasteiger partial charge in [-0.2, -0.15) is 0 Å². The number of ether oxygens (including phenoxy) is 3. The maximum atomic E-state index is 13.0. The van der Waals surface area contributed by atoms with Gasteiger partial charge in [0.1, 0.15) is 35.2 Å². The molecule has 0 fully saturated rings. The zero-order valence-corrected chi connectivity index (χ0v) is 18.2. The normalized spacial score (nSPS) is 10.3. The molecule has 10 heteroatoms. The number of halogens is 1. The van der Waals surface area contributed by atoms with Gasteiger partial charge in [0.25, 0.3) is 11.6 Å². The Hall–Kier alpha value is -4.47. The van der Waals surface area contributed by atoms with Gasteiger partial charge >= 0.3 is 5.97 Å². The van der Waals surface area contributed by atoms with E-state index in [4.69, 9.17) is 14.2 Å². The molecule has 0 aliphatic carbocycles. The van der Waals surface area contributed by atoms with Crippen molar-refractivity contribution < 1.29 is 33.1 Å². The van der Waals surface area contributed by atoms with Crippen molar-refractivity contribution in [1.82, 2.24) is 0 Å². The van der Waals surface area contributed by atoms with Crippen molar-refractivity contribution in [3.05, 3.63) is 93.8 Å². The van der Waals surface area contributed by atoms with Gasteiger partial charge in [-0.15, -0.1) is 0 Å². The number of amides is 1. The number of hydrogen-bond acceptors (Lipinski definition) is 7. The third-order valence-electron chi connectivity index (χ3n) is 4.50. The number of benzene rings is 3. The number of nitrogens with zero attached hydrogens (tertiary/aromatic N) is 1. The largest absolute Gasteiger partial charge is 0.494 e. The summed E-state index contributed by atoms with van der Waals surface area (Å²) in [5, 5.41) is 13.7. The van der Waals surface area contributed by atoms with Crippen LogP contribution in [0.3, 0.4) is 0 Å². The van der Waals surface area contributed by atoms with Gasteiger partial charge in [0.05, 0.1) is 17.6 Å². The Bertz CT molecular complexity index is 1180. The highest BCUT2D eigenvalue weighted by Crippen LogP contribution is 2.29. The smallest absolute Gasteiger partial charge is 0.342 e. The number of nitrogens with one attached hydrogen (secondary N) is 1. The molecular weight excluding hydrogens is 447 g/mol. The van der Waals surface area contributed by atoms with Crippen LogP contribution in [0, 0.1) is 15.9 Å². The van der Waals surface area contributed by atoms with Gasteiger partial charge in [-0.1, -0.05) is 24.3 Å². The number of esters is 1. The quantitative estimate of drug-likeness (QED) is 0.264. The molecule has 34 heavy (non-hydrogen) atoms. The molecule has 0 heterocycles. The number of rotatable bonds is 10. The van der Waals surface area contributed by atoms with E-state index in [1.54, 1.807) is 37.3 Å². The number of carbonyl (C=O) groups is 2. The topological polar surface area (TPSA) is 117 Å². The van der Waals surface area contributed by atoms with Crippen LogP contribution in [0.2, 0.25) is 0 Å². The Kier molecular flexibility index (Phi) is 8.11. The van der Waals surface area contributed by atoms with Crippen LogP contribution in [0.5, 0.6) is 11.5 Å². The summed E-state index contributed by atoms with van der Waals surface area (Å²) in [6.45, 7) is 1.48. The molecule has 3 aromatic carbocycles. The predicted molar refractivity (Wildman–Crippen MR) is 120 cm³/mol. The van der Waals surface area contributed by atoms with E-state index >= 15 is 0 Å². The van der Waals surface area contributed by atoms with Crippen LogP contribution in [0.4, 0.5) is 15.8 Å². The Morgan fingerprint density at radius 3 is 2.47 bits per heavy atom. The summed E-state index contributed by atoms with van der Waals surface area (Å²) in [4.78, 5) is 35.4. The minimum Gasteiger partial charge on any atom is -0.494 e. The van der Waals surface area contributed by atoms with Crippen molar-refractivity contribution in [1.29, 1.82) is 0 Å². The molecule has 0 radical (unpaired) electrons. The van der Waals surface area contributed by atoms with Gasteiger partial charge in [0, 0.05) is 0 Å². The Labute approximate surface area is 194 Å². The summed E-state index contributed by atoms with van der Waals surface area (Å²) < 4.78 is 29.0.